The first-order valence-electron chi connectivity index (χ1n) is 8.21. The summed E-state index contributed by atoms with van der Waals surface area (Å²) in [5, 5.41) is 0. The van der Waals surface area contributed by atoms with Crippen molar-refractivity contribution in [2.24, 2.45) is 23.2 Å². The molecule has 0 aromatic heterocycles. The fourth-order valence-electron chi connectivity index (χ4n) is 4.55. The van der Waals surface area contributed by atoms with Crippen LogP contribution in [0, 0.1) is 23.2 Å². The number of methoxy groups -OCH3 is 1. The molecule has 0 spiro atoms. The van der Waals surface area contributed by atoms with E-state index in [1.54, 1.807) is 0 Å². The van der Waals surface area contributed by atoms with Gasteiger partial charge < -0.3 is 9.47 Å². The zero-order valence-corrected chi connectivity index (χ0v) is 14.4. The molecule has 2 heteroatoms. The molecular formula is C18H34O2. The van der Waals surface area contributed by atoms with Gasteiger partial charge in [0.1, 0.15) is 0 Å². The van der Waals surface area contributed by atoms with Gasteiger partial charge in [-0.3, -0.25) is 0 Å². The molecule has 5 atom stereocenters. The van der Waals surface area contributed by atoms with Crippen molar-refractivity contribution in [2.45, 2.75) is 59.5 Å². The van der Waals surface area contributed by atoms with Gasteiger partial charge in [0.2, 0.25) is 0 Å². The van der Waals surface area contributed by atoms with E-state index in [2.05, 4.69) is 33.4 Å². The molecule has 118 valence electrons. The highest BCUT2D eigenvalue weighted by molar-refractivity contribution is 5.06. The molecule has 5 unspecified atom stereocenters. The number of rotatable bonds is 3. The van der Waals surface area contributed by atoms with Gasteiger partial charge in [0.25, 0.3) is 0 Å². The second kappa shape index (κ2) is 7.09. The van der Waals surface area contributed by atoms with E-state index in [4.69, 9.17) is 9.47 Å². The van der Waals surface area contributed by atoms with Crippen molar-refractivity contribution in [1.82, 2.24) is 0 Å². The van der Waals surface area contributed by atoms with E-state index in [9.17, 15) is 0 Å². The quantitative estimate of drug-likeness (QED) is 0.699. The Labute approximate surface area is 125 Å². The van der Waals surface area contributed by atoms with E-state index in [-0.39, 0.29) is 11.0 Å². The third-order valence-electron chi connectivity index (χ3n) is 5.68. The summed E-state index contributed by atoms with van der Waals surface area (Å²) < 4.78 is 11.8. The van der Waals surface area contributed by atoms with Gasteiger partial charge in [0.05, 0.1) is 12.2 Å². The lowest BCUT2D eigenvalue weighted by Crippen LogP contribution is -2.58. The van der Waals surface area contributed by atoms with Gasteiger partial charge in [-0.15, -0.1) is 6.58 Å². The largest absolute Gasteiger partial charge is 0.381 e. The van der Waals surface area contributed by atoms with E-state index in [0.717, 1.165) is 32.0 Å². The first-order valence-corrected chi connectivity index (χ1v) is 8.21. The summed E-state index contributed by atoms with van der Waals surface area (Å²) >= 11 is 0. The summed E-state index contributed by atoms with van der Waals surface area (Å²) in [7, 11) is 1.85. The van der Waals surface area contributed by atoms with Gasteiger partial charge >= 0.3 is 0 Å². The Kier molecular flexibility index (Phi) is 6.27. The lowest BCUT2D eigenvalue weighted by molar-refractivity contribution is -0.199. The first kappa shape index (κ1) is 17.7. The molecule has 1 aliphatic heterocycles. The fourth-order valence-corrected chi connectivity index (χ4v) is 4.55. The molecule has 0 amide bonds. The standard InChI is InChI=1S/C16H28O2.C2H6/c1-6-7-14-15(3)11-18-10-12(2)13(15)8-9-16(14,4)17-5;1-2/h6,12-14H,1,7-11H2,2-5H3;1-2H3. The fraction of sp³-hybridized carbons (Fsp3) is 0.889. The van der Waals surface area contributed by atoms with E-state index < -0.39 is 0 Å². The van der Waals surface area contributed by atoms with Crippen molar-refractivity contribution < 1.29 is 9.47 Å². The molecule has 0 aromatic rings. The maximum Gasteiger partial charge on any atom is 0.0688 e. The number of fused-ring (bicyclic) bond motifs is 1. The van der Waals surface area contributed by atoms with Crippen LogP contribution in [0.1, 0.15) is 53.9 Å². The van der Waals surface area contributed by atoms with Crippen molar-refractivity contribution in [3.05, 3.63) is 12.7 Å². The Balaban J connectivity index is 0.000000956. The number of ether oxygens (including phenoxy) is 2. The van der Waals surface area contributed by atoms with Crippen LogP contribution in [0.5, 0.6) is 0 Å². The Morgan fingerprint density at radius 1 is 1.35 bits per heavy atom. The molecule has 0 radical (unpaired) electrons. The molecule has 1 aliphatic carbocycles. The summed E-state index contributed by atoms with van der Waals surface area (Å²) in [5.41, 5.74) is 0.203. The van der Waals surface area contributed by atoms with Crippen molar-refractivity contribution in [2.75, 3.05) is 20.3 Å². The van der Waals surface area contributed by atoms with Gasteiger partial charge in [-0.05, 0) is 49.4 Å². The predicted molar refractivity (Wildman–Crippen MR) is 85.9 cm³/mol. The number of hydrogen-bond acceptors (Lipinski definition) is 2. The van der Waals surface area contributed by atoms with E-state index in [1.165, 1.54) is 6.42 Å². The molecule has 1 heterocycles. The van der Waals surface area contributed by atoms with Gasteiger partial charge in [-0.1, -0.05) is 33.8 Å². The molecule has 0 bridgehead atoms. The highest BCUT2D eigenvalue weighted by atomic mass is 16.5. The van der Waals surface area contributed by atoms with Gasteiger partial charge in [-0.2, -0.15) is 0 Å². The van der Waals surface area contributed by atoms with E-state index >= 15 is 0 Å². The molecule has 2 aliphatic rings. The number of allylic oxidation sites excluding steroid dienone is 1. The van der Waals surface area contributed by atoms with Crippen LogP contribution in [0.4, 0.5) is 0 Å². The van der Waals surface area contributed by atoms with Crippen LogP contribution >= 0.6 is 0 Å². The summed E-state index contributed by atoms with van der Waals surface area (Å²) in [6.07, 6.45) is 5.49. The summed E-state index contributed by atoms with van der Waals surface area (Å²) in [6.45, 7) is 16.7. The van der Waals surface area contributed by atoms with Crippen LogP contribution in [0.2, 0.25) is 0 Å². The molecule has 2 nitrogen and oxygen atoms in total. The lowest BCUT2D eigenvalue weighted by atomic mass is 9.52. The zero-order valence-electron chi connectivity index (χ0n) is 14.4. The molecule has 0 aromatic carbocycles. The summed E-state index contributed by atoms with van der Waals surface area (Å²) in [5.74, 6) is 1.94. The van der Waals surface area contributed by atoms with Gasteiger partial charge in [0.15, 0.2) is 0 Å². The number of hydrogen-bond donors (Lipinski definition) is 0. The maximum absolute atomic E-state index is 5.89. The zero-order chi connectivity index (χ0) is 15.4. The predicted octanol–water partition coefficient (Wildman–Crippen LogP) is 4.69. The molecule has 1 saturated carbocycles. The molecule has 0 N–H and O–H groups in total. The monoisotopic (exact) mass is 282 g/mol. The van der Waals surface area contributed by atoms with Gasteiger partial charge in [0, 0.05) is 13.7 Å². The molecule has 2 fully saturated rings. The molecule has 20 heavy (non-hydrogen) atoms. The Morgan fingerprint density at radius 3 is 2.55 bits per heavy atom. The second-order valence-corrected chi connectivity index (χ2v) is 6.74. The topological polar surface area (TPSA) is 18.5 Å². The van der Waals surface area contributed by atoms with Crippen LogP contribution < -0.4 is 0 Å². The Morgan fingerprint density at radius 2 is 2.00 bits per heavy atom. The van der Waals surface area contributed by atoms with Crippen LogP contribution in [0.3, 0.4) is 0 Å². The SMILES string of the molecule is C=CCC1C(C)(OC)CCC2C(C)COCC21C.CC. The average Bonchev–Trinajstić information content (AvgIpc) is 2.45. The minimum Gasteiger partial charge on any atom is -0.381 e. The van der Waals surface area contributed by atoms with Crippen LogP contribution in [0.25, 0.3) is 0 Å². The van der Waals surface area contributed by atoms with Gasteiger partial charge in [-0.25, -0.2) is 0 Å². The lowest BCUT2D eigenvalue weighted by Gasteiger charge is -2.58. The summed E-state index contributed by atoms with van der Waals surface area (Å²) in [4.78, 5) is 0. The van der Waals surface area contributed by atoms with Crippen LogP contribution in [-0.4, -0.2) is 25.9 Å². The Hall–Kier alpha value is -0.340. The normalized spacial score (nSPS) is 44.0. The Bertz CT molecular complexity index is 315. The maximum atomic E-state index is 5.89. The highest BCUT2D eigenvalue weighted by Crippen LogP contribution is 2.56. The van der Waals surface area contributed by atoms with Crippen molar-refractivity contribution in [1.29, 1.82) is 0 Å². The second-order valence-electron chi connectivity index (χ2n) is 6.74. The average molecular weight is 282 g/mol. The molecular weight excluding hydrogens is 248 g/mol. The first-order chi connectivity index (χ1) is 9.48. The van der Waals surface area contributed by atoms with Crippen LogP contribution in [-0.2, 0) is 9.47 Å². The van der Waals surface area contributed by atoms with E-state index in [1.807, 2.05) is 21.0 Å². The van der Waals surface area contributed by atoms with Crippen molar-refractivity contribution in [3.63, 3.8) is 0 Å². The highest BCUT2D eigenvalue weighted by Gasteiger charge is 2.56. The van der Waals surface area contributed by atoms with Crippen molar-refractivity contribution in [3.8, 4) is 0 Å². The smallest absolute Gasteiger partial charge is 0.0688 e. The minimum atomic E-state index is -0.0279. The van der Waals surface area contributed by atoms with E-state index in [0.29, 0.717) is 11.8 Å². The third-order valence-corrected chi connectivity index (χ3v) is 5.68. The molecule has 1 saturated heterocycles. The van der Waals surface area contributed by atoms with Crippen LogP contribution in [0.15, 0.2) is 12.7 Å². The summed E-state index contributed by atoms with van der Waals surface area (Å²) in [6, 6.07) is 0. The van der Waals surface area contributed by atoms with Crippen molar-refractivity contribution >= 4 is 0 Å². The minimum absolute atomic E-state index is 0.0279. The third kappa shape index (κ3) is 2.96. The molecule has 2 rings (SSSR count).